The molecular formula is C17H20F3N3O. The van der Waals surface area contributed by atoms with Crippen LogP contribution in [-0.4, -0.2) is 39.4 Å². The first kappa shape index (κ1) is 17.0. The standard InChI is InChI=1S/C17H20F3N3O/c1-11-7-12(2)23(21-11)13-8-22(9-13)10-16(24)14-5-3-4-6-15(14)17(18,19)20/h3-7,13,16,24H,8-10H2,1-2H3. The fourth-order valence-electron chi connectivity index (χ4n) is 3.25. The largest absolute Gasteiger partial charge is 0.416 e. The minimum absolute atomic E-state index is 0.0698. The molecule has 1 aromatic heterocycles. The number of β-amino-alcohol motifs (C(OH)–C–C–N with tert-alkyl or cyclic N) is 1. The third-order valence-electron chi connectivity index (χ3n) is 4.38. The Kier molecular flexibility index (Phi) is 4.40. The molecule has 0 saturated carbocycles. The van der Waals surface area contributed by atoms with E-state index in [9.17, 15) is 18.3 Å². The van der Waals surface area contributed by atoms with Gasteiger partial charge in [-0.1, -0.05) is 18.2 Å². The number of hydrogen-bond acceptors (Lipinski definition) is 3. The molecule has 2 aromatic rings. The Hall–Kier alpha value is -1.86. The van der Waals surface area contributed by atoms with Gasteiger partial charge in [-0.05, 0) is 31.5 Å². The maximum absolute atomic E-state index is 13.0. The lowest BCUT2D eigenvalue weighted by atomic mass is 9.99. The smallest absolute Gasteiger partial charge is 0.387 e. The Morgan fingerprint density at radius 1 is 1.25 bits per heavy atom. The molecule has 130 valence electrons. The van der Waals surface area contributed by atoms with Gasteiger partial charge in [-0.25, -0.2) is 0 Å². The van der Waals surface area contributed by atoms with E-state index < -0.39 is 17.8 Å². The molecule has 0 radical (unpaired) electrons. The van der Waals surface area contributed by atoms with Crippen LogP contribution in [-0.2, 0) is 6.18 Å². The van der Waals surface area contributed by atoms with E-state index in [1.54, 1.807) is 0 Å². The summed E-state index contributed by atoms with van der Waals surface area (Å²) in [6.45, 7) is 5.44. The molecule has 0 amide bonds. The van der Waals surface area contributed by atoms with Crippen molar-refractivity contribution in [3.63, 3.8) is 0 Å². The molecule has 1 aromatic carbocycles. The van der Waals surface area contributed by atoms with Crippen molar-refractivity contribution < 1.29 is 18.3 Å². The Balaban J connectivity index is 1.64. The number of hydrogen-bond donors (Lipinski definition) is 1. The van der Waals surface area contributed by atoms with Gasteiger partial charge in [0.2, 0.25) is 0 Å². The van der Waals surface area contributed by atoms with Gasteiger partial charge in [0.1, 0.15) is 0 Å². The lowest BCUT2D eigenvalue weighted by Gasteiger charge is -2.41. The number of aryl methyl sites for hydroxylation is 2. The van der Waals surface area contributed by atoms with Crippen LogP contribution >= 0.6 is 0 Å². The van der Waals surface area contributed by atoms with E-state index in [-0.39, 0.29) is 18.2 Å². The first-order valence-electron chi connectivity index (χ1n) is 7.85. The van der Waals surface area contributed by atoms with E-state index in [4.69, 9.17) is 0 Å². The molecule has 0 bridgehead atoms. The molecule has 4 nitrogen and oxygen atoms in total. The molecule has 0 aliphatic carbocycles. The van der Waals surface area contributed by atoms with Crippen LogP contribution in [0.3, 0.4) is 0 Å². The highest BCUT2D eigenvalue weighted by molar-refractivity contribution is 5.31. The molecule has 1 aliphatic heterocycles. The van der Waals surface area contributed by atoms with Gasteiger partial charge in [0.15, 0.2) is 0 Å². The zero-order valence-corrected chi connectivity index (χ0v) is 13.6. The molecule has 1 saturated heterocycles. The lowest BCUT2D eigenvalue weighted by molar-refractivity contribution is -0.139. The fraction of sp³-hybridized carbons (Fsp3) is 0.471. The third-order valence-corrected chi connectivity index (χ3v) is 4.38. The van der Waals surface area contributed by atoms with Gasteiger partial charge in [-0.3, -0.25) is 9.58 Å². The fourth-order valence-corrected chi connectivity index (χ4v) is 3.25. The summed E-state index contributed by atoms with van der Waals surface area (Å²) in [6, 6.07) is 7.41. The zero-order chi connectivity index (χ0) is 17.5. The summed E-state index contributed by atoms with van der Waals surface area (Å²) in [7, 11) is 0. The average molecular weight is 339 g/mol. The Labute approximate surface area is 138 Å². The van der Waals surface area contributed by atoms with E-state index in [0.717, 1.165) is 17.5 Å². The molecular weight excluding hydrogens is 319 g/mol. The van der Waals surface area contributed by atoms with Gasteiger partial charge in [0.25, 0.3) is 0 Å². The van der Waals surface area contributed by atoms with Crippen LogP contribution in [0.25, 0.3) is 0 Å². The Morgan fingerprint density at radius 2 is 1.92 bits per heavy atom. The van der Waals surface area contributed by atoms with Gasteiger partial charge in [-0.2, -0.15) is 18.3 Å². The molecule has 7 heteroatoms. The normalized spacial score (nSPS) is 17.8. The highest BCUT2D eigenvalue weighted by Gasteiger charge is 2.36. The van der Waals surface area contributed by atoms with Crippen molar-refractivity contribution in [3.05, 3.63) is 52.8 Å². The predicted octanol–water partition coefficient (Wildman–Crippen LogP) is 3.11. The minimum atomic E-state index is -4.46. The van der Waals surface area contributed by atoms with Crippen molar-refractivity contribution in [1.29, 1.82) is 0 Å². The number of aliphatic hydroxyl groups excluding tert-OH is 1. The molecule has 2 heterocycles. The van der Waals surface area contributed by atoms with Gasteiger partial charge >= 0.3 is 6.18 Å². The van der Waals surface area contributed by atoms with E-state index >= 15 is 0 Å². The first-order chi connectivity index (χ1) is 11.3. The molecule has 1 fully saturated rings. The van der Waals surface area contributed by atoms with Crippen LogP contribution in [0.1, 0.15) is 34.7 Å². The summed E-state index contributed by atoms with van der Waals surface area (Å²) in [5, 5.41) is 14.7. The van der Waals surface area contributed by atoms with Crippen molar-refractivity contribution in [3.8, 4) is 0 Å². The second-order valence-electron chi connectivity index (χ2n) is 6.34. The summed E-state index contributed by atoms with van der Waals surface area (Å²) >= 11 is 0. The zero-order valence-electron chi connectivity index (χ0n) is 13.6. The number of alkyl halides is 3. The number of benzene rings is 1. The van der Waals surface area contributed by atoms with Gasteiger partial charge in [0.05, 0.1) is 23.4 Å². The number of nitrogens with zero attached hydrogens (tertiary/aromatic N) is 3. The highest BCUT2D eigenvalue weighted by Crippen LogP contribution is 2.35. The van der Waals surface area contributed by atoms with Crippen molar-refractivity contribution >= 4 is 0 Å². The van der Waals surface area contributed by atoms with Crippen molar-refractivity contribution in [1.82, 2.24) is 14.7 Å². The van der Waals surface area contributed by atoms with Crippen LogP contribution in [0.2, 0.25) is 0 Å². The van der Waals surface area contributed by atoms with Crippen LogP contribution in [0.5, 0.6) is 0 Å². The summed E-state index contributed by atoms with van der Waals surface area (Å²) < 4.78 is 41.1. The highest BCUT2D eigenvalue weighted by atomic mass is 19.4. The van der Waals surface area contributed by atoms with E-state index in [1.165, 1.54) is 18.2 Å². The average Bonchev–Trinajstić information content (AvgIpc) is 2.79. The number of rotatable bonds is 4. The molecule has 1 aliphatic rings. The number of aromatic nitrogens is 2. The number of halogens is 3. The van der Waals surface area contributed by atoms with Crippen molar-refractivity contribution in [2.45, 2.75) is 32.2 Å². The molecule has 3 rings (SSSR count). The minimum Gasteiger partial charge on any atom is -0.387 e. The lowest BCUT2D eigenvalue weighted by Crippen LogP contribution is -2.49. The second kappa shape index (κ2) is 6.22. The first-order valence-corrected chi connectivity index (χ1v) is 7.85. The predicted molar refractivity (Wildman–Crippen MR) is 83.6 cm³/mol. The van der Waals surface area contributed by atoms with Crippen LogP contribution in [0, 0.1) is 13.8 Å². The molecule has 1 unspecified atom stereocenters. The van der Waals surface area contributed by atoms with Gasteiger partial charge in [-0.15, -0.1) is 0 Å². The maximum atomic E-state index is 13.0. The van der Waals surface area contributed by atoms with E-state index in [1.807, 2.05) is 29.5 Å². The SMILES string of the molecule is Cc1cc(C)n(C2CN(CC(O)c3ccccc3C(F)(F)F)C2)n1. The third kappa shape index (κ3) is 3.32. The van der Waals surface area contributed by atoms with E-state index in [2.05, 4.69) is 5.10 Å². The summed E-state index contributed by atoms with van der Waals surface area (Å²) in [5.74, 6) is 0. The Morgan fingerprint density at radius 3 is 2.50 bits per heavy atom. The Bertz CT molecular complexity index is 720. The van der Waals surface area contributed by atoms with Crippen molar-refractivity contribution in [2.24, 2.45) is 0 Å². The quantitative estimate of drug-likeness (QED) is 0.931. The number of likely N-dealkylation sites (tertiary alicyclic amines) is 1. The maximum Gasteiger partial charge on any atom is 0.416 e. The van der Waals surface area contributed by atoms with Crippen LogP contribution in [0.4, 0.5) is 13.2 Å². The second-order valence-corrected chi connectivity index (χ2v) is 6.34. The molecule has 1 atom stereocenters. The topological polar surface area (TPSA) is 41.3 Å². The number of aliphatic hydroxyl groups is 1. The summed E-state index contributed by atoms with van der Waals surface area (Å²) in [5.41, 5.74) is 1.18. The monoisotopic (exact) mass is 339 g/mol. The van der Waals surface area contributed by atoms with Crippen molar-refractivity contribution in [2.75, 3.05) is 19.6 Å². The summed E-state index contributed by atoms with van der Waals surface area (Å²) in [6.07, 6.45) is -5.62. The molecule has 0 spiro atoms. The van der Waals surface area contributed by atoms with E-state index in [0.29, 0.717) is 13.1 Å². The molecule has 1 N–H and O–H groups in total. The van der Waals surface area contributed by atoms with Gasteiger partial charge < -0.3 is 5.11 Å². The molecule has 24 heavy (non-hydrogen) atoms. The van der Waals surface area contributed by atoms with Crippen LogP contribution in [0.15, 0.2) is 30.3 Å². The van der Waals surface area contributed by atoms with Gasteiger partial charge in [0, 0.05) is 25.3 Å². The van der Waals surface area contributed by atoms with Crippen LogP contribution < -0.4 is 0 Å². The summed E-state index contributed by atoms with van der Waals surface area (Å²) in [4.78, 5) is 1.94.